The van der Waals surface area contributed by atoms with Crippen molar-refractivity contribution in [2.24, 2.45) is 0 Å². The number of fused-ring (bicyclic) bond motifs is 1. The van der Waals surface area contributed by atoms with Gasteiger partial charge in [0, 0.05) is 31.6 Å². The average molecular weight is 290 g/mol. The Labute approximate surface area is 122 Å². The third-order valence-electron chi connectivity index (χ3n) is 4.18. The molecule has 0 spiro atoms. The number of halogens is 1. The highest BCUT2D eigenvalue weighted by atomic mass is 19.1. The maximum atomic E-state index is 13.7. The smallest absolute Gasteiger partial charge is 0.217 e. The van der Waals surface area contributed by atoms with Gasteiger partial charge < -0.3 is 9.73 Å². The normalized spacial score (nSPS) is 17.3. The van der Waals surface area contributed by atoms with Crippen molar-refractivity contribution >= 4 is 16.8 Å². The van der Waals surface area contributed by atoms with Crippen LogP contribution in [0.5, 0.6) is 0 Å². The Bertz CT molecular complexity index is 672. The molecule has 0 atom stereocenters. The highest BCUT2D eigenvalue weighted by molar-refractivity contribution is 6.03. The van der Waals surface area contributed by atoms with Crippen LogP contribution in [0.15, 0.2) is 28.7 Å². The molecular weight excluding hydrogens is 271 g/mol. The minimum Gasteiger partial charge on any atom is -0.450 e. The SMILES string of the molecule is CC(C)(C(=O)c1cc2cccc(F)c2o1)N1CCNCC1. The maximum Gasteiger partial charge on any atom is 0.217 e. The molecule has 0 aliphatic carbocycles. The first kappa shape index (κ1) is 14.2. The molecule has 1 aromatic carbocycles. The van der Waals surface area contributed by atoms with Crippen LogP contribution in [0.2, 0.25) is 0 Å². The number of Topliss-reactive ketones (excluding diaryl/α,β-unsaturated/α-hetero) is 1. The fourth-order valence-electron chi connectivity index (χ4n) is 2.81. The molecule has 1 aliphatic rings. The van der Waals surface area contributed by atoms with Crippen molar-refractivity contribution in [2.75, 3.05) is 26.2 Å². The Morgan fingerprint density at radius 1 is 1.33 bits per heavy atom. The van der Waals surface area contributed by atoms with Crippen LogP contribution in [-0.4, -0.2) is 42.4 Å². The summed E-state index contributed by atoms with van der Waals surface area (Å²) in [5, 5.41) is 3.89. The summed E-state index contributed by atoms with van der Waals surface area (Å²) in [6, 6.07) is 6.33. The Kier molecular flexibility index (Phi) is 3.55. The summed E-state index contributed by atoms with van der Waals surface area (Å²) in [5.74, 6) is -0.329. The Morgan fingerprint density at radius 3 is 2.71 bits per heavy atom. The number of furan rings is 1. The number of rotatable bonds is 3. The van der Waals surface area contributed by atoms with E-state index in [1.165, 1.54) is 6.07 Å². The summed E-state index contributed by atoms with van der Waals surface area (Å²) in [5.41, 5.74) is -0.510. The number of hydrogen-bond donors (Lipinski definition) is 1. The molecule has 0 amide bonds. The monoisotopic (exact) mass is 290 g/mol. The molecule has 1 aromatic heterocycles. The number of nitrogens with one attached hydrogen (secondary N) is 1. The van der Waals surface area contributed by atoms with Crippen LogP contribution in [0.3, 0.4) is 0 Å². The molecule has 2 heterocycles. The fourth-order valence-corrected chi connectivity index (χ4v) is 2.81. The van der Waals surface area contributed by atoms with Crippen molar-refractivity contribution in [3.63, 3.8) is 0 Å². The van der Waals surface area contributed by atoms with Crippen LogP contribution >= 0.6 is 0 Å². The lowest BCUT2D eigenvalue weighted by Gasteiger charge is -2.39. The third kappa shape index (κ3) is 2.47. The van der Waals surface area contributed by atoms with E-state index in [9.17, 15) is 9.18 Å². The maximum absolute atomic E-state index is 13.7. The van der Waals surface area contributed by atoms with Gasteiger partial charge in [-0.3, -0.25) is 9.69 Å². The number of para-hydroxylation sites is 1. The molecule has 0 bridgehead atoms. The van der Waals surface area contributed by atoms with E-state index in [1.807, 2.05) is 13.8 Å². The molecule has 2 aromatic rings. The van der Waals surface area contributed by atoms with Crippen molar-refractivity contribution in [3.8, 4) is 0 Å². The second kappa shape index (κ2) is 5.24. The van der Waals surface area contributed by atoms with Gasteiger partial charge in [-0.15, -0.1) is 0 Å². The number of carbonyl (C=O) groups is 1. The number of piperazine rings is 1. The van der Waals surface area contributed by atoms with Crippen LogP contribution in [0.1, 0.15) is 24.4 Å². The summed E-state index contributed by atoms with van der Waals surface area (Å²) in [6.45, 7) is 7.14. The second-order valence-corrected chi connectivity index (χ2v) is 5.89. The minimum atomic E-state index is -0.660. The lowest BCUT2D eigenvalue weighted by molar-refractivity contribution is 0.0576. The molecule has 1 aliphatic heterocycles. The van der Waals surface area contributed by atoms with Gasteiger partial charge in [-0.05, 0) is 26.0 Å². The first-order valence-corrected chi connectivity index (χ1v) is 7.19. The average Bonchev–Trinajstić information content (AvgIpc) is 2.93. The molecule has 112 valence electrons. The molecule has 1 fully saturated rings. The van der Waals surface area contributed by atoms with E-state index in [-0.39, 0.29) is 17.1 Å². The van der Waals surface area contributed by atoms with Gasteiger partial charge in [-0.25, -0.2) is 4.39 Å². The summed E-state index contributed by atoms with van der Waals surface area (Å²) in [6.07, 6.45) is 0. The van der Waals surface area contributed by atoms with E-state index >= 15 is 0 Å². The third-order valence-corrected chi connectivity index (χ3v) is 4.18. The number of carbonyl (C=O) groups excluding carboxylic acids is 1. The summed E-state index contributed by atoms with van der Waals surface area (Å²) < 4.78 is 19.2. The quantitative estimate of drug-likeness (QED) is 0.882. The van der Waals surface area contributed by atoms with E-state index in [1.54, 1.807) is 18.2 Å². The zero-order valence-electron chi connectivity index (χ0n) is 12.3. The van der Waals surface area contributed by atoms with Crippen LogP contribution in [-0.2, 0) is 0 Å². The molecule has 1 saturated heterocycles. The number of benzene rings is 1. The van der Waals surface area contributed by atoms with Gasteiger partial charge in [-0.2, -0.15) is 0 Å². The molecule has 0 unspecified atom stereocenters. The largest absolute Gasteiger partial charge is 0.450 e. The van der Waals surface area contributed by atoms with Gasteiger partial charge in [-0.1, -0.05) is 12.1 Å². The van der Waals surface area contributed by atoms with Crippen LogP contribution < -0.4 is 5.32 Å². The Morgan fingerprint density at radius 2 is 2.05 bits per heavy atom. The van der Waals surface area contributed by atoms with Gasteiger partial charge in [0.15, 0.2) is 17.2 Å². The standard InChI is InChI=1S/C16H19FN2O2/c1-16(2,19-8-6-18-7-9-19)15(20)13-10-11-4-3-5-12(17)14(11)21-13/h3-5,10,18H,6-9H2,1-2H3. The first-order valence-electron chi connectivity index (χ1n) is 7.19. The highest BCUT2D eigenvalue weighted by Gasteiger charge is 2.37. The molecule has 21 heavy (non-hydrogen) atoms. The van der Waals surface area contributed by atoms with Crippen LogP contribution in [0, 0.1) is 5.82 Å². The summed E-state index contributed by atoms with van der Waals surface area (Å²) >= 11 is 0. The van der Waals surface area contributed by atoms with Crippen molar-refractivity contribution in [1.82, 2.24) is 10.2 Å². The molecule has 1 N–H and O–H groups in total. The van der Waals surface area contributed by atoms with Gasteiger partial charge in [0.05, 0.1) is 5.54 Å². The number of hydrogen-bond acceptors (Lipinski definition) is 4. The Hall–Kier alpha value is -1.72. The van der Waals surface area contributed by atoms with Gasteiger partial charge >= 0.3 is 0 Å². The van der Waals surface area contributed by atoms with E-state index in [0.29, 0.717) is 5.39 Å². The Balaban J connectivity index is 1.93. The second-order valence-electron chi connectivity index (χ2n) is 5.89. The van der Waals surface area contributed by atoms with Crippen molar-refractivity contribution in [3.05, 3.63) is 35.8 Å². The zero-order chi connectivity index (χ0) is 15.0. The lowest BCUT2D eigenvalue weighted by atomic mass is 9.94. The predicted molar refractivity (Wildman–Crippen MR) is 79.0 cm³/mol. The summed E-state index contributed by atoms with van der Waals surface area (Å²) in [4.78, 5) is 14.9. The highest BCUT2D eigenvalue weighted by Crippen LogP contribution is 2.27. The topological polar surface area (TPSA) is 45.5 Å². The molecule has 0 radical (unpaired) electrons. The van der Waals surface area contributed by atoms with E-state index in [2.05, 4.69) is 10.2 Å². The predicted octanol–water partition coefficient (Wildman–Crippen LogP) is 2.44. The first-order chi connectivity index (χ1) is 10.00. The van der Waals surface area contributed by atoms with Crippen molar-refractivity contribution < 1.29 is 13.6 Å². The minimum absolute atomic E-state index is 0.111. The van der Waals surface area contributed by atoms with E-state index in [0.717, 1.165) is 26.2 Å². The lowest BCUT2D eigenvalue weighted by Crippen LogP contribution is -2.57. The number of ketones is 1. The summed E-state index contributed by atoms with van der Waals surface area (Å²) in [7, 11) is 0. The number of nitrogens with zero attached hydrogens (tertiary/aromatic N) is 1. The van der Waals surface area contributed by atoms with Crippen LogP contribution in [0.25, 0.3) is 11.0 Å². The molecular formula is C16H19FN2O2. The van der Waals surface area contributed by atoms with Crippen molar-refractivity contribution in [1.29, 1.82) is 0 Å². The fraction of sp³-hybridized carbons (Fsp3) is 0.438. The molecule has 5 heteroatoms. The van der Waals surface area contributed by atoms with Gasteiger partial charge in [0.1, 0.15) is 0 Å². The van der Waals surface area contributed by atoms with E-state index < -0.39 is 11.4 Å². The van der Waals surface area contributed by atoms with Gasteiger partial charge in [0.25, 0.3) is 0 Å². The van der Waals surface area contributed by atoms with Crippen LogP contribution in [0.4, 0.5) is 4.39 Å². The zero-order valence-corrected chi connectivity index (χ0v) is 12.3. The molecule has 0 saturated carbocycles. The van der Waals surface area contributed by atoms with Gasteiger partial charge in [0.2, 0.25) is 5.78 Å². The van der Waals surface area contributed by atoms with E-state index in [4.69, 9.17) is 4.42 Å². The van der Waals surface area contributed by atoms with Crippen molar-refractivity contribution in [2.45, 2.75) is 19.4 Å². The molecule has 4 nitrogen and oxygen atoms in total. The molecule has 3 rings (SSSR count).